The van der Waals surface area contributed by atoms with E-state index in [0.29, 0.717) is 45.2 Å². The van der Waals surface area contributed by atoms with Crippen LogP contribution in [-0.2, 0) is 4.79 Å². The zero-order valence-electron chi connectivity index (χ0n) is 16.8. The molecule has 0 atom stereocenters. The second-order valence-electron chi connectivity index (χ2n) is 6.90. The maximum Gasteiger partial charge on any atom is 0.323 e. The van der Waals surface area contributed by atoms with Crippen molar-refractivity contribution in [2.45, 2.75) is 0 Å². The number of hydrogen-bond acceptors (Lipinski definition) is 4. The summed E-state index contributed by atoms with van der Waals surface area (Å²) in [4.78, 5) is 26.4. The van der Waals surface area contributed by atoms with Crippen molar-refractivity contribution >= 4 is 52.2 Å². The van der Waals surface area contributed by atoms with Gasteiger partial charge in [-0.25, -0.2) is 4.79 Å². The van der Waals surface area contributed by atoms with Crippen LogP contribution in [0.1, 0.15) is 0 Å². The van der Waals surface area contributed by atoms with Crippen molar-refractivity contribution < 1.29 is 19.1 Å². The van der Waals surface area contributed by atoms with E-state index < -0.39 is 6.03 Å². The summed E-state index contributed by atoms with van der Waals surface area (Å²) in [5, 5.41) is 6.68. The molecule has 0 radical (unpaired) electrons. The lowest BCUT2D eigenvalue weighted by atomic mass is 10.2. The van der Waals surface area contributed by atoms with Crippen molar-refractivity contribution in [1.29, 1.82) is 0 Å². The van der Waals surface area contributed by atoms with E-state index >= 15 is 0 Å². The minimum atomic E-state index is -0.423. The molecule has 0 spiro atoms. The average Bonchev–Trinajstić information content (AvgIpc) is 2.78. The first kappa shape index (κ1) is 21.8. The Kier molecular flexibility index (Phi) is 6.68. The summed E-state index contributed by atoms with van der Waals surface area (Å²) in [5.41, 5.74) is 1.67. The summed E-state index contributed by atoms with van der Waals surface area (Å²) < 4.78 is 11.2. The molecule has 7 nitrogen and oxygen atoms in total. The Morgan fingerprint density at radius 2 is 1.56 bits per heavy atom. The monoisotopic (exact) mass is 471 g/mol. The van der Waals surface area contributed by atoms with Gasteiger partial charge in [0.25, 0.3) is 5.91 Å². The fourth-order valence-corrected chi connectivity index (χ4v) is 3.39. The van der Waals surface area contributed by atoms with Crippen LogP contribution in [-0.4, -0.2) is 31.7 Å². The molecule has 3 aromatic rings. The van der Waals surface area contributed by atoms with Gasteiger partial charge in [-0.15, -0.1) is 0 Å². The normalized spacial score (nSPS) is 12.6. The van der Waals surface area contributed by atoms with E-state index in [0.717, 1.165) is 0 Å². The molecule has 4 rings (SSSR count). The number of nitrogens with one attached hydrogen (secondary N) is 2. The van der Waals surface area contributed by atoms with Crippen LogP contribution in [0.15, 0.2) is 66.7 Å². The molecular formula is C23H19Cl2N3O4. The van der Waals surface area contributed by atoms with Crippen molar-refractivity contribution in [3.63, 3.8) is 0 Å². The van der Waals surface area contributed by atoms with E-state index in [4.69, 9.17) is 32.7 Å². The van der Waals surface area contributed by atoms with Crippen molar-refractivity contribution in [3.05, 3.63) is 76.8 Å². The zero-order chi connectivity index (χ0) is 22.5. The van der Waals surface area contributed by atoms with Crippen LogP contribution in [0.25, 0.3) is 0 Å². The number of urea groups is 1. The second kappa shape index (κ2) is 9.80. The maximum atomic E-state index is 12.5. The molecule has 0 aliphatic carbocycles. The van der Waals surface area contributed by atoms with Crippen molar-refractivity contribution in [2.24, 2.45) is 0 Å². The lowest BCUT2D eigenvalue weighted by Gasteiger charge is -2.29. The number of benzene rings is 3. The fraction of sp³-hybridized carbons (Fsp3) is 0.130. The molecule has 3 aromatic carbocycles. The summed E-state index contributed by atoms with van der Waals surface area (Å²) >= 11 is 11.7. The standard InChI is InChI=1S/C23H19Cl2N3O4/c24-15-1-5-17(6-2-15)26-23(30)27-18-7-10-21-20(13-18)28(22(29)14-32-21)11-12-31-19-8-3-16(25)4-9-19/h1-10,13H,11-12,14H2,(H2,26,27,30). The number of rotatable bonds is 6. The minimum absolute atomic E-state index is 0.0578. The molecule has 0 saturated heterocycles. The van der Waals surface area contributed by atoms with Gasteiger partial charge in [0, 0.05) is 21.4 Å². The Hall–Kier alpha value is -3.42. The average molecular weight is 472 g/mol. The van der Waals surface area contributed by atoms with E-state index in [1.807, 2.05) is 0 Å². The number of carbonyl (C=O) groups is 2. The molecule has 164 valence electrons. The predicted octanol–water partition coefficient (Wildman–Crippen LogP) is 5.44. The van der Waals surface area contributed by atoms with Gasteiger partial charge in [-0.1, -0.05) is 23.2 Å². The van der Waals surface area contributed by atoms with Gasteiger partial charge in [-0.05, 0) is 66.7 Å². The summed E-state index contributed by atoms with van der Waals surface area (Å²) in [6.07, 6.45) is 0. The summed E-state index contributed by atoms with van der Waals surface area (Å²) in [6.45, 7) is 0.539. The molecule has 9 heteroatoms. The fourth-order valence-electron chi connectivity index (χ4n) is 3.14. The van der Waals surface area contributed by atoms with Crippen molar-refractivity contribution in [3.8, 4) is 11.5 Å². The number of anilines is 3. The maximum absolute atomic E-state index is 12.5. The minimum Gasteiger partial charge on any atom is -0.492 e. The van der Waals surface area contributed by atoms with Crippen molar-refractivity contribution in [2.75, 3.05) is 35.3 Å². The summed E-state index contributed by atoms with van der Waals surface area (Å²) in [5.74, 6) is 1.02. The van der Waals surface area contributed by atoms with Gasteiger partial charge >= 0.3 is 6.03 Å². The number of hydrogen-bond donors (Lipinski definition) is 2. The van der Waals surface area contributed by atoms with Crippen LogP contribution in [0.3, 0.4) is 0 Å². The lowest BCUT2D eigenvalue weighted by Crippen LogP contribution is -2.41. The van der Waals surface area contributed by atoms with Gasteiger partial charge in [-0.3, -0.25) is 4.79 Å². The van der Waals surface area contributed by atoms with Gasteiger partial charge in [0.1, 0.15) is 18.1 Å². The SMILES string of the molecule is O=C(Nc1ccc(Cl)cc1)Nc1ccc2c(c1)N(CCOc1ccc(Cl)cc1)C(=O)CO2. The first-order valence-corrected chi connectivity index (χ1v) is 10.5. The second-order valence-corrected chi connectivity index (χ2v) is 7.78. The topological polar surface area (TPSA) is 79.9 Å². The first-order chi connectivity index (χ1) is 15.5. The van der Waals surface area contributed by atoms with Crippen molar-refractivity contribution in [1.82, 2.24) is 0 Å². The van der Waals surface area contributed by atoms with E-state index in [9.17, 15) is 9.59 Å². The van der Waals surface area contributed by atoms with E-state index in [2.05, 4.69) is 10.6 Å². The molecule has 1 aliphatic rings. The van der Waals surface area contributed by atoms with Gasteiger partial charge in [0.05, 0.1) is 12.2 Å². The Morgan fingerprint density at radius 1 is 0.938 bits per heavy atom. The highest BCUT2D eigenvalue weighted by Crippen LogP contribution is 2.34. The summed E-state index contributed by atoms with van der Waals surface area (Å²) in [7, 11) is 0. The Labute approximate surface area is 194 Å². The Balaban J connectivity index is 1.42. The quantitative estimate of drug-likeness (QED) is 0.501. The van der Waals surface area contributed by atoms with Crippen LogP contribution in [0.2, 0.25) is 10.0 Å². The number of amides is 3. The highest BCUT2D eigenvalue weighted by Gasteiger charge is 2.26. The number of carbonyl (C=O) groups excluding carboxylic acids is 2. The number of fused-ring (bicyclic) bond motifs is 1. The first-order valence-electron chi connectivity index (χ1n) is 9.77. The smallest absolute Gasteiger partial charge is 0.323 e. The van der Waals surface area contributed by atoms with Gasteiger partial charge in [0.15, 0.2) is 6.61 Å². The predicted molar refractivity (Wildman–Crippen MR) is 125 cm³/mol. The molecule has 0 unspecified atom stereocenters. The van der Waals surface area contributed by atoms with Crippen LogP contribution in [0.5, 0.6) is 11.5 Å². The largest absolute Gasteiger partial charge is 0.492 e. The van der Waals surface area contributed by atoms with E-state index in [1.165, 1.54) is 0 Å². The van der Waals surface area contributed by atoms with Crippen LogP contribution < -0.4 is 25.0 Å². The molecular weight excluding hydrogens is 453 g/mol. The third-order valence-corrected chi connectivity index (χ3v) is 5.16. The number of ether oxygens (including phenoxy) is 2. The molecule has 0 bridgehead atoms. The van der Waals surface area contributed by atoms with Crippen LogP contribution in [0, 0.1) is 0 Å². The molecule has 32 heavy (non-hydrogen) atoms. The third-order valence-electron chi connectivity index (χ3n) is 4.66. The molecule has 3 amide bonds. The molecule has 1 aliphatic heterocycles. The van der Waals surface area contributed by atoms with E-state index in [1.54, 1.807) is 71.6 Å². The van der Waals surface area contributed by atoms with Crippen LogP contribution in [0.4, 0.5) is 21.9 Å². The third kappa shape index (κ3) is 5.43. The molecule has 2 N–H and O–H groups in total. The van der Waals surface area contributed by atoms with E-state index in [-0.39, 0.29) is 19.1 Å². The van der Waals surface area contributed by atoms with Gasteiger partial charge in [-0.2, -0.15) is 0 Å². The van der Waals surface area contributed by atoms with Gasteiger partial charge in [0.2, 0.25) is 0 Å². The number of halogens is 2. The molecule has 0 saturated carbocycles. The highest BCUT2D eigenvalue weighted by atomic mass is 35.5. The summed E-state index contributed by atoms with van der Waals surface area (Å²) in [6, 6.07) is 18.4. The molecule has 0 aromatic heterocycles. The lowest BCUT2D eigenvalue weighted by molar-refractivity contribution is -0.121. The zero-order valence-corrected chi connectivity index (χ0v) is 18.3. The molecule has 1 heterocycles. The Morgan fingerprint density at radius 3 is 2.28 bits per heavy atom. The Bertz CT molecular complexity index is 1120. The number of nitrogens with zero attached hydrogens (tertiary/aromatic N) is 1. The highest BCUT2D eigenvalue weighted by molar-refractivity contribution is 6.30. The van der Waals surface area contributed by atoms with Gasteiger partial charge < -0.3 is 25.0 Å². The van der Waals surface area contributed by atoms with Crippen LogP contribution >= 0.6 is 23.2 Å². The molecule has 0 fully saturated rings.